The molecule has 20 nitrogen and oxygen atoms in total. The lowest BCUT2D eigenvalue weighted by Crippen LogP contribution is -2.55. The fourth-order valence-corrected chi connectivity index (χ4v) is 6.20. The second-order valence-corrected chi connectivity index (χ2v) is 13.6. The first-order valence-corrected chi connectivity index (χ1v) is 19.2. The average molecular weight is 804 g/mol. The SMILES string of the molecule is CCOC(=O)C(CC)(CCOCCOCCOCCOCCNc1ccc([N+](=O)[O-])c2nonc12)NC(=O)c1ccc(N2CC(OC)C2)c(OC[C@H]2C[C@@H]2CO)n1. The van der Waals surface area contributed by atoms with E-state index in [4.69, 9.17) is 33.2 Å². The number of aliphatic hydroxyl groups is 1. The highest BCUT2D eigenvalue weighted by Gasteiger charge is 2.41. The van der Waals surface area contributed by atoms with E-state index >= 15 is 0 Å². The number of nitrogens with one attached hydrogen (secondary N) is 2. The minimum atomic E-state index is -1.35. The molecule has 2 aromatic heterocycles. The Bertz CT molecular complexity index is 1760. The third-order valence-electron chi connectivity index (χ3n) is 9.90. The number of non-ortho nitro benzene ring substituents is 1. The molecule has 314 valence electrons. The summed E-state index contributed by atoms with van der Waals surface area (Å²) in [5, 5.41) is 33.9. The van der Waals surface area contributed by atoms with Crippen LogP contribution in [0.5, 0.6) is 5.88 Å². The van der Waals surface area contributed by atoms with Gasteiger partial charge in [0.2, 0.25) is 11.4 Å². The molecule has 1 aromatic carbocycles. The second kappa shape index (κ2) is 21.7. The van der Waals surface area contributed by atoms with Crippen molar-refractivity contribution in [1.29, 1.82) is 0 Å². The number of aliphatic hydroxyl groups excluding tert-OH is 1. The molecule has 0 bridgehead atoms. The summed E-state index contributed by atoms with van der Waals surface area (Å²) in [7, 11) is 1.67. The van der Waals surface area contributed by atoms with E-state index < -0.39 is 22.3 Å². The number of carbonyl (C=O) groups is 2. The van der Waals surface area contributed by atoms with Gasteiger partial charge in [0.25, 0.3) is 5.91 Å². The van der Waals surface area contributed by atoms with Gasteiger partial charge >= 0.3 is 11.7 Å². The molecular formula is C37H53N7O13. The number of esters is 1. The number of nitro groups is 1. The van der Waals surface area contributed by atoms with Gasteiger partial charge in [-0.1, -0.05) is 6.92 Å². The van der Waals surface area contributed by atoms with E-state index in [-0.39, 0.29) is 79.6 Å². The van der Waals surface area contributed by atoms with Gasteiger partial charge < -0.3 is 53.8 Å². The van der Waals surface area contributed by atoms with Crippen molar-refractivity contribution in [3.63, 3.8) is 0 Å². The second-order valence-electron chi connectivity index (χ2n) is 13.6. The highest BCUT2D eigenvalue weighted by molar-refractivity contribution is 5.97. The van der Waals surface area contributed by atoms with Crippen LogP contribution in [0.1, 0.15) is 43.6 Å². The van der Waals surface area contributed by atoms with Gasteiger partial charge in [0.15, 0.2) is 5.52 Å². The average Bonchev–Trinajstić information content (AvgIpc) is 3.79. The normalized spacial score (nSPS) is 17.5. The van der Waals surface area contributed by atoms with E-state index in [1.54, 1.807) is 39.2 Å². The topological polar surface area (TPSA) is 241 Å². The van der Waals surface area contributed by atoms with Crippen molar-refractivity contribution >= 4 is 40.0 Å². The summed E-state index contributed by atoms with van der Waals surface area (Å²) >= 11 is 0. The lowest BCUT2D eigenvalue weighted by Gasteiger charge is -2.40. The van der Waals surface area contributed by atoms with Gasteiger partial charge in [0.1, 0.15) is 16.9 Å². The molecule has 5 rings (SSSR count). The predicted molar refractivity (Wildman–Crippen MR) is 203 cm³/mol. The summed E-state index contributed by atoms with van der Waals surface area (Å²) in [4.78, 5) is 44.1. The third kappa shape index (κ3) is 11.9. The van der Waals surface area contributed by atoms with E-state index in [1.807, 2.05) is 0 Å². The fourth-order valence-electron chi connectivity index (χ4n) is 6.20. The molecule has 2 fully saturated rings. The Labute approximate surface area is 329 Å². The summed E-state index contributed by atoms with van der Waals surface area (Å²) in [6, 6.07) is 6.29. The smallest absolute Gasteiger partial charge is 0.331 e. The van der Waals surface area contributed by atoms with Crippen LogP contribution in [0.4, 0.5) is 17.1 Å². The maximum absolute atomic E-state index is 13.6. The largest absolute Gasteiger partial charge is 0.476 e. The number of hydrogen-bond acceptors (Lipinski definition) is 18. The van der Waals surface area contributed by atoms with Crippen molar-refractivity contribution in [3.8, 4) is 5.88 Å². The highest BCUT2D eigenvalue weighted by atomic mass is 16.6. The number of amides is 1. The molecule has 1 saturated carbocycles. The maximum atomic E-state index is 13.6. The standard InChI is InChI=1S/C37H53N7O13/c1-4-37(36(47)55-5-2,40-34(46)29-7-9-31(43-21-27(22-43)50-3)35(39-29)56-24-26-20-25(26)23-45)10-12-51-14-16-53-18-19-54-17-15-52-13-11-38-28-6-8-30(44(48)49)33-32(28)41-57-42-33/h6-9,25-27,38,45H,4-5,10-24H2,1-3H3,(H,40,46)/t25-,26-,37?/m1/s1. The number of rotatable bonds is 28. The van der Waals surface area contributed by atoms with Crippen LogP contribution in [-0.2, 0) is 33.2 Å². The van der Waals surface area contributed by atoms with Crippen molar-refractivity contribution in [2.24, 2.45) is 11.8 Å². The summed E-state index contributed by atoms with van der Waals surface area (Å²) in [6.45, 7) is 8.42. The minimum Gasteiger partial charge on any atom is -0.476 e. The quantitative estimate of drug-likeness (QED) is 0.0413. The Morgan fingerprint density at radius 2 is 1.65 bits per heavy atom. The number of methoxy groups -OCH3 is 1. The van der Waals surface area contributed by atoms with Gasteiger partial charge in [-0.15, -0.1) is 0 Å². The predicted octanol–water partition coefficient (Wildman–Crippen LogP) is 2.38. The van der Waals surface area contributed by atoms with Crippen LogP contribution in [0, 0.1) is 22.0 Å². The molecule has 1 amide bonds. The molecule has 1 unspecified atom stereocenters. The Kier molecular flexibility index (Phi) is 16.5. The number of hydrogen-bond donors (Lipinski definition) is 3. The van der Waals surface area contributed by atoms with Gasteiger partial charge in [0.05, 0.1) is 76.2 Å². The lowest BCUT2D eigenvalue weighted by atomic mass is 9.92. The van der Waals surface area contributed by atoms with Crippen molar-refractivity contribution in [2.75, 3.05) is 110 Å². The number of anilines is 2. The number of fused-ring (bicyclic) bond motifs is 1. The first-order valence-electron chi connectivity index (χ1n) is 19.2. The fraction of sp³-hybridized carbons (Fsp3) is 0.649. The molecule has 1 aliphatic heterocycles. The van der Waals surface area contributed by atoms with Gasteiger partial charge in [-0.2, -0.15) is 0 Å². The zero-order chi connectivity index (χ0) is 40.6. The van der Waals surface area contributed by atoms with E-state index in [0.29, 0.717) is 77.4 Å². The van der Waals surface area contributed by atoms with Crippen LogP contribution in [0.25, 0.3) is 11.0 Å². The van der Waals surface area contributed by atoms with Crippen LogP contribution in [0.3, 0.4) is 0 Å². The van der Waals surface area contributed by atoms with Crippen LogP contribution < -0.4 is 20.3 Å². The Balaban J connectivity index is 0.980. The molecule has 0 spiro atoms. The third-order valence-corrected chi connectivity index (χ3v) is 9.90. The summed E-state index contributed by atoms with van der Waals surface area (Å²) in [5.41, 5.74) is 0.217. The summed E-state index contributed by atoms with van der Waals surface area (Å²) < 4.78 is 44.0. The van der Waals surface area contributed by atoms with Crippen molar-refractivity contribution in [2.45, 2.75) is 44.8 Å². The molecule has 2 aliphatic rings. The zero-order valence-corrected chi connectivity index (χ0v) is 32.6. The molecule has 3 atom stereocenters. The molecule has 1 saturated heterocycles. The van der Waals surface area contributed by atoms with Crippen LogP contribution in [0.2, 0.25) is 0 Å². The van der Waals surface area contributed by atoms with Gasteiger partial charge in [0, 0.05) is 52.4 Å². The molecule has 3 heterocycles. The maximum Gasteiger partial charge on any atom is 0.331 e. The van der Waals surface area contributed by atoms with Crippen molar-refractivity contribution in [1.82, 2.24) is 20.6 Å². The van der Waals surface area contributed by atoms with Crippen LogP contribution in [0.15, 0.2) is 28.9 Å². The number of ether oxygens (including phenoxy) is 7. The van der Waals surface area contributed by atoms with Crippen LogP contribution >= 0.6 is 0 Å². The lowest BCUT2D eigenvalue weighted by molar-refractivity contribution is -0.383. The van der Waals surface area contributed by atoms with Gasteiger partial charge in [-0.05, 0) is 60.1 Å². The number of aromatic nitrogens is 3. The van der Waals surface area contributed by atoms with E-state index in [0.717, 1.165) is 12.1 Å². The number of benzene rings is 1. The number of nitrogens with zero attached hydrogens (tertiary/aromatic N) is 5. The van der Waals surface area contributed by atoms with Gasteiger partial charge in [-0.25, -0.2) is 14.4 Å². The first kappa shape index (κ1) is 43.4. The first-order chi connectivity index (χ1) is 27.7. The van der Waals surface area contributed by atoms with Crippen LogP contribution in [-0.4, -0.2) is 148 Å². The summed E-state index contributed by atoms with van der Waals surface area (Å²) in [6.07, 6.45) is 1.41. The molecule has 57 heavy (non-hydrogen) atoms. The number of pyridine rings is 1. The Morgan fingerprint density at radius 1 is 0.965 bits per heavy atom. The monoisotopic (exact) mass is 803 g/mol. The minimum absolute atomic E-state index is 0.0743. The van der Waals surface area contributed by atoms with E-state index in [9.17, 15) is 24.8 Å². The van der Waals surface area contributed by atoms with Crippen molar-refractivity contribution in [3.05, 3.63) is 40.1 Å². The molecule has 1 aliphatic carbocycles. The molecule has 0 radical (unpaired) electrons. The van der Waals surface area contributed by atoms with Crippen molar-refractivity contribution < 1.29 is 57.4 Å². The number of nitro benzene ring substituents is 1. The van der Waals surface area contributed by atoms with E-state index in [1.165, 1.54) is 6.07 Å². The zero-order valence-electron chi connectivity index (χ0n) is 32.6. The molecular weight excluding hydrogens is 750 g/mol. The Hall–Kier alpha value is -4.73. The number of carbonyl (C=O) groups excluding carboxylic acids is 2. The summed E-state index contributed by atoms with van der Waals surface area (Å²) in [5.74, 6) is -0.335. The highest BCUT2D eigenvalue weighted by Crippen LogP contribution is 2.39. The van der Waals surface area contributed by atoms with E-state index in [2.05, 4.69) is 35.5 Å². The Morgan fingerprint density at radius 3 is 2.28 bits per heavy atom. The molecule has 3 aromatic rings. The van der Waals surface area contributed by atoms with Gasteiger partial charge in [-0.3, -0.25) is 14.9 Å². The molecule has 20 heteroatoms. The molecule has 3 N–H and O–H groups in total.